The Morgan fingerprint density at radius 1 is 0.957 bits per heavy atom. The molecular formula is C18H20FN3O. The zero-order valence-corrected chi connectivity index (χ0v) is 12.9. The first kappa shape index (κ1) is 15.3. The minimum atomic E-state index is -0.290. The maximum Gasteiger partial charge on any atom is 0.317 e. The topological polar surface area (TPSA) is 35.6 Å². The molecule has 1 N–H and O–H groups in total. The first-order valence-corrected chi connectivity index (χ1v) is 7.80. The van der Waals surface area contributed by atoms with E-state index >= 15 is 0 Å². The predicted octanol–water partition coefficient (Wildman–Crippen LogP) is 2.86. The van der Waals surface area contributed by atoms with E-state index in [1.54, 1.807) is 23.1 Å². The number of piperazine rings is 1. The molecule has 0 saturated carbocycles. The van der Waals surface area contributed by atoms with Crippen LogP contribution in [0.15, 0.2) is 54.6 Å². The quantitative estimate of drug-likeness (QED) is 0.946. The van der Waals surface area contributed by atoms with Crippen LogP contribution in [0.25, 0.3) is 0 Å². The van der Waals surface area contributed by atoms with Crippen molar-refractivity contribution in [2.75, 3.05) is 31.1 Å². The monoisotopic (exact) mass is 313 g/mol. The Morgan fingerprint density at radius 3 is 2.30 bits per heavy atom. The zero-order valence-electron chi connectivity index (χ0n) is 12.9. The number of para-hydroxylation sites is 1. The van der Waals surface area contributed by atoms with Crippen LogP contribution in [0.3, 0.4) is 0 Å². The number of hydrogen-bond donors (Lipinski definition) is 1. The maximum atomic E-state index is 13.5. The number of amides is 2. The smallest absolute Gasteiger partial charge is 0.317 e. The van der Waals surface area contributed by atoms with Gasteiger partial charge in [0.2, 0.25) is 0 Å². The van der Waals surface area contributed by atoms with E-state index in [0.29, 0.717) is 18.7 Å². The number of urea groups is 1. The van der Waals surface area contributed by atoms with Gasteiger partial charge in [-0.15, -0.1) is 0 Å². The Morgan fingerprint density at radius 2 is 1.61 bits per heavy atom. The number of halogens is 1. The van der Waals surface area contributed by atoms with Crippen molar-refractivity contribution in [2.24, 2.45) is 0 Å². The lowest BCUT2D eigenvalue weighted by Gasteiger charge is -2.36. The van der Waals surface area contributed by atoms with Gasteiger partial charge >= 0.3 is 6.03 Å². The van der Waals surface area contributed by atoms with Gasteiger partial charge in [0.05, 0.1) is 0 Å². The van der Waals surface area contributed by atoms with Gasteiger partial charge in [-0.2, -0.15) is 0 Å². The number of anilines is 1. The molecule has 0 radical (unpaired) electrons. The molecule has 23 heavy (non-hydrogen) atoms. The second-order valence-corrected chi connectivity index (χ2v) is 5.56. The van der Waals surface area contributed by atoms with Crippen molar-refractivity contribution < 1.29 is 9.18 Å². The predicted molar refractivity (Wildman–Crippen MR) is 88.9 cm³/mol. The number of nitrogens with zero attached hydrogens (tertiary/aromatic N) is 2. The molecule has 4 nitrogen and oxygen atoms in total. The van der Waals surface area contributed by atoms with Crippen LogP contribution in [0.1, 0.15) is 5.56 Å². The molecule has 0 atom stereocenters. The summed E-state index contributed by atoms with van der Waals surface area (Å²) >= 11 is 0. The molecule has 2 aromatic carbocycles. The van der Waals surface area contributed by atoms with Crippen molar-refractivity contribution in [2.45, 2.75) is 6.54 Å². The molecule has 0 aromatic heterocycles. The SMILES string of the molecule is O=C(NCc1ccccc1F)N1CCN(c2ccccc2)CC1. The summed E-state index contributed by atoms with van der Waals surface area (Å²) < 4.78 is 13.5. The molecular weight excluding hydrogens is 293 g/mol. The fraction of sp³-hybridized carbons (Fsp3) is 0.278. The van der Waals surface area contributed by atoms with Gasteiger partial charge in [-0.05, 0) is 18.2 Å². The van der Waals surface area contributed by atoms with E-state index in [4.69, 9.17) is 0 Å². The summed E-state index contributed by atoms with van der Waals surface area (Å²) in [5.41, 5.74) is 1.68. The lowest BCUT2D eigenvalue weighted by molar-refractivity contribution is 0.194. The minimum absolute atomic E-state index is 0.138. The highest BCUT2D eigenvalue weighted by molar-refractivity contribution is 5.74. The molecule has 3 rings (SSSR count). The van der Waals surface area contributed by atoms with Gasteiger partial charge in [-0.25, -0.2) is 9.18 Å². The standard InChI is InChI=1S/C18H20FN3O/c19-17-9-5-4-6-15(17)14-20-18(23)22-12-10-21(11-13-22)16-7-2-1-3-8-16/h1-9H,10-14H2,(H,20,23). The van der Waals surface area contributed by atoms with Crippen molar-refractivity contribution in [3.63, 3.8) is 0 Å². The molecule has 5 heteroatoms. The first-order chi connectivity index (χ1) is 11.2. The van der Waals surface area contributed by atoms with E-state index in [-0.39, 0.29) is 18.4 Å². The Balaban J connectivity index is 1.50. The Hall–Kier alpha value is -2.56. The molecule has 0 spiro atoms. The van der Waals surface area contributed by atoms with Crippen LogP contribution >= 0.6 is 0 Å². The summed E-state index contributed by atoms with van der Waals surface area (Å²) in [5.74, 6) is -0.290. The fourth-order valence-corrected chi connectivity index (χ4v) is 2.73. The molecule has 1 fully saturated rings. The second kappa shape index (κ2) is 7.13. The third-order valence-electron chi connectivity index (χ3n) is 4.08. The summed E-state index contributed by atoms with van der Waals surface area (Å²) in [6.07, 6.45) is 0. The Bertz CT molecular complexity index is 654. The number of rotatable bonds is 3. The van der Waals surface area contributed by atoms with E-state index in [1.807, 2.05) is 18.2 Å². The van der Waals surface area contributed by atoms with Gasteiger partial charge in [-0.1, -0.05) is 36.4 Å². The van der Waals surface area contributed by atoms with Crippen LogP contribution in [0.4, 0.5) is 14.9 Å². The van der Waals surface area contributed by atoms with Gasteiger partial charge in [0, 0.05) is 44.0 Å². The number of carbonyl (C=O) groups is 1. The van der Waals surface area contributed by atoms with Crippen molar-refractivity contribution in [3.8, 4) is 0 Å². The molecule has 2 aromatic rings. The molecule has 1 saturated heterocycles. The highest BCUT2D eigenvalue weighted by Gasteiger charge is 2.21. The summed E-state index contributed by atoms with van der Waals surface area (Å²) in [7, 11) is 0. The molecule has 1 aliphatic rings. The van der Waals surface area contributed by atoms with Gasteiger partial charge in [0.1, 0.15) is 5.82 Å². The second-order valence-electron chi connectivity index (χ2n) is 5.56. The molecule has 1 aliphatic heterocycles. The van der Waals surface area contributed by atoms with Gasteiger partial charge in [0.25, 0.3) is 0 Å². The van der Waals surface area contributed by atoms with Crippen LogP contribution in [0.2, 0.25) is 0 Å². The fourth-order valence-electron chi connectivity index (χ4n) is 2.73. The summed E-state index contributed by atoms with van der Waals surface area (Å²) in [5, 5.41) is 2.79. The van der Waals surface area contributed by atoms with Gasteiger partial charge in [-0.3, -0.25) is 0 Å². The van der Waals surface area contributed by atoms with E-state index in [9.17, 15) is 9.18 Å². The molecule has 2 amide bonds. The van der Waals surface area contributed by atoms with Crippen LogP contribution in [0, 0.1) is 5.82 Å². The van der Waals surface area contributed by atoms with E-state index in [0.717, 1.165) is 13.1 Å². The molecule has 120 valence electrons. The number of benzene rings is 2. The average molecular weight is 313 g/mol. The van der Waals surface area contributed by atoms with Crippen LogP contribution < -0.4 is 10.2 Å². The van der Waals surface area contributed by atoms with E-state index < -0.39 is 0 Å². The maximum absolute atomic E-state index is 13.5. The van der Waals surface area contributed by atoms with E-state index in [2.05, 4.69) is 22.3 Å². The lowest BCUT2D eigenvalue weighted by atomic mass is 10.2. The van der Waals surface area contributed by atoms with Gasteiger partial charge < -0.3 is 15.1 Å². The number of nitrogens with one attached hydrogen (secondary N) is 1. The van der Waals surface area contributed by atoms with Crippen LogP contribution in [-0.2, 0) is 6.54 Å². The zero-order chi connectivity index (χ0) is 16.1. The minimum Gasteiger partial charge on any atom is -0.368 e. The molecule has 1 heterocycles. The summed E-state index contributed by atoms with van der Waals surface area (Å²) in [6.45, 7) is 3.15. The average Bonchev–Trinajstić information content (AvgIpc) is 2.62. The molecule has 0 bridgehead atoms. The van der Waals surface area contributed by atoms with Crippen molar-refractivity contribution in [3.05, 3.63) is 66.0 Å². The Kier molecular flexibility index (Phi) is 4.76. The lowest BCUT2D eigenvalue weighted by Crippen LogP contribution is -2.51. The third kappa shape index (κ3) is 3.80. The summed E-state index contributed by atoms with van der Waals surface area (Å²) in [4.78, 5) is 16.2. The van der Waals surface area contributed by atoms with Crippen molar-refractivity contribution in [1.29, 1.82) is 0 Å². The van der Waals surface area contributed by atoms with Crippen LogP contribution in [-0.4, -0.2) is 37.1 Å². The first-order valence-electron chi connectivity index (χ1n) is 7.80. The summed E-state index contributed by atoms with van der Waals surface area (Å²) in [6, 6.07) is 16.5. The van der Waals surface area contributed by atoms with Crippen molar-refractivity contribution in [1.82, 2.24) is 10.2 Å². The molecule has 0 aliphatic carbocycles. The number of carbonyl (C=O) groups excluding carboxylic acids is 1. The normalized spacial score (nSPS) is 14.7. The van der Waals surface area contributed by atoms with Gasteiger partial charge in [0.15, 0.2) is 0 Å². The Labute approximate surface area is 135 Å². The highest BCUT2D eigenvalue weighted by Crippen LogP contribution is 2.15. The largest absolute Gasteiger partial charge is 0.368 e. The highest BCUT2D eigenvalue weighted by atomic mass is 19.1. The number of hydrogen-bond acceptors (Lipinski definition) is 2. The van der Waals surface area contributed by atoms with Crippen LogP contribution in [0.5, 0.6) is 0 Å². The van der Waals surface area contributed by atoms with E-state index in [1.165, 1.54) is 11.8 Å². The third-order valence-corrected chi connectivity index (χ3v) is 4.08. The van der Waals surface area contributed by atoms with Crippen molar-refractivity contribution >= 4 is 11.7 Å². The molecule has 0 unspecified atom stereocenters.